The van der Waals surface area contributed by atoms with Crippen LogP contribution in [0.15, 0.2) is 18.2 Å². The molecule has 1 aliphatic heterocycles. The molecule has 0 radical (unpaired) electrons. The number of carbonyl (C=O) groups excluding carboxylic acids is 2. The lowest BCUT2D eigenvalue weighted by Gasteiger charge is -2.50. The van der Waals surface area contributed by atoms with Crippen molar-refractivity contribution in [1.29, 1.82) is 0 Å². The maximum Gasteiger partial charge on any atom is 0.410 e. The van der Waals surface area contributed by atoms with Crippen LogP contribution in [0.1, 0.15) is 47.1 Å². The van der Waals surface area contributed by atoms with Crippen molar-refractivity contribution in [3.8, 4) is 5.75 Å². The number of methoxy groups -OCH3 is 1. The van der Waals surface area contributed by atoms with Crippen LogP contribution in [0.5, 0.6) is 5.75 Å². The number of likely N-dealkylation sites (tertiary alicyclic amines) is 1. The standard InChI is InChI=1S/C20H29ClN2O5/c1-18(2,3)27-16(24)22-20(14-9-8-13(21)10-15(14)26-7)11-23(12-20)17(25)28-19(4,5)6/h8-10H,11-12H2,1-7H3,(H,22,24). The van der Waals surface area contributed by atoms with Crippen LogP contribution in [0.3, 0.4) is 0 Å². The Kier molecular flexibility index (Phi) is 6.09. The van der Waals surface area contributed by atoms with Crippen LogP contribution in [-0.2, 0) is 15.0 Å². The number of halogens is 1. The van der Waals surface area contributed by atoms with Crippen LogP contribution in [0.2, 0.25) is 5.02 Å². The lowest BCUT2D eigenvalue weighted by atomic mass is 9.82. The molecule has 1 N–H and O–H groups in total. The fourth-order valence-electron chi connectivity index (χ4n) is 2.94. The fraction of sp³-hybridized carbons (Fsp3) is 0.600. The highest BCUT2D eigenvalue weighted by Crippen LogP contribution is 2.39. The summed E-state index contributed by atoms with van der Waals surface area (Å²) >= 11 is 6.07. The molecule has 156 valence electrons. The minimum atomic E-state index is -0.866. The minimum Gasteiger partial charge on any atom is -0.496 e. The van der Waals surface area contributed by atoms with Crippen LogP contribution in [-0.4, -0.2) is 48.5 Å². The van der Waals surface area contributed by atoms with Crippen molar-refractivity contribution in [3.05, 3.63) is 28.8 Å². The first-order chi connectivity index (χ1) is 12.7. The van der Waals surface area contributed by atoms with Crippen molar-refractivity contribution in [3.63, 3.8) is 0 Å². The maximum atomic E-state index is 12.5. The molecule has 0 aromatic heterocycles. The molecule has 0 aliphatic carbocycles. The average molecular weight is 413 g/mol. The molecule has 0 unspecified atom stereocenters. The Morgan fingerprint density at radius 3 is 2.14 bits per heavy atom. The van der Waals surface area contributed by atoms with Crippen molar-refractivity contribution < 1.29 is 23.8 Å². The smallest absolute Gasteiger partial charge is 0.410 e. The Labute approximate surface area is 171 Å². The number of ether oxygens (including phenoxy) is 3. The van der Waals surface area contributed by atoms with Gasteiger partial charge in [-0.1, -0.05) is 17.7 Å². The van der Waals surface area contributed by atoms with E-state index in [4.69, 9.17) is 25.8 Å². The molecule has 2 amide bonds. The number of nitrogens with zero attached hydrogens (tertiary/aromatic N) is 1. The van der Waals surface area contributed by atoms with Crippen LogP contribution < -0.4 is 10.1 Å². The fourth-order valence-corrected chi connectivity index (χ4v) is 3.10. The van der Waals surface area contributed by atoms with Crippen LogP contribution >= 0.6 is 11.6 Å². The van der Waals surface area contributed by atoms with E-state index in [2.05, 4.69) is 5.32 Å². The molecule has 0 atom stereocenters. The molecule has 0 spiro atoms. The third-order valence-electron chi connectivity index (χ3n) is 3.99. The van der Waals surface area contributed by atoms with Gasteiger partial charge in [0.05, 0.1) is 20.2 Å². The van der Waals surface area contributed by atoms with Gasteiger partial charge in [0.25, 0.3) is 0 Å². The van der Waals surface area contributed by atoms with Gasteiger partial charge in [-0.15, -0.1) is 0 Å². The van der Waals surface area contributed by atoms with E-state index in [1.54, 1.807) is 59.7 Å². The van der Waals surface area contributed by atoms with Crippen molar-refractivity contribution in [2.24, 2.45) is 0 Å². The first-order valence-corrected chi connectivity index (χ1v) is 9.46. The van der Waals surface area contributed by atoms with Crippen LogP contribution in [0.4, 0.5) is 9.59 Å². The lowest BCUT2D eigenvalue weighted by Crippen LogP contribution is -2.69. The Morgan fingerprint density at radius 1 is 1.07 bits per heavy atom. The second-order valence-corrected chi connectivity index (χ2v) is 9.33. The summed E-state index contributed by atoms with van der Waals surface area (Å²) in [6, 6.07) is 5.17. The van der Waals surface area contributed by atoms with E-state index in [0.717, 1.165) is 0 Å². The zero-order chi connectivity index (χ0) is 21.3. The molecular weight excluding hydrogens is 384 g/mol. The molecule has 1 heterocycles. The first kappa shape index (κ1) is 22.1. The number of amides is 2. The average Bonchev–Trinajstić information content (AvgIpc) is 2.46. The molecule has 8 heteroatoms. The van der Waals surface area contributed by atoms with Crippen LogP contribution in [0, 0.1) is 0 Å². The number of nitrogens with one attached hydrogen (secondary N) is 1. The van der Waals surface area contributed by atoms with Crippen molar-refractivity contribution in [2.45, 2.75) is 58.3 Å². The molecule has 2 rings (SSSR count). The van der Waals surface area contributed by atoms with Gasteiger partial charge in [0.15, 0.2) is 0 Å². The molecule has 7 nitrogen and oxygen atoms in total. The van der Waals surface area contributed by atoms with Gasteiger partial charge in [-0.2, -0.15) is 0 Å². The highest BCUT2D eigenvalue weighted by atomic mass is 35.5. The molecule has 1 aromatic carbocycles. The third-order valence-corrected chi connectivity index (χ3v) is 4.23. The van der Waals surface area contributed by atoms with E-state index in [-0.39, 0.29) is 13.1 Å². The molecule has 1 saturated heterocycles. The zero-order valence-corrected chi connectivity index (χ0v) is 18.3. The molecule has 1 aliphatic rings. The monoisotopic (exact) mass is 412 g/mol. The number of hydrogen-bond acceptors (Lipinski definition) is 5. The van der Waals surface area contributed by atoms with E-state index in [9.17, 15) is 9.59 Å². The van der Waals surface area contributed by atoms with Gasteiger partial charge in [-0.25, -0.2) is 9.59 Å². The summed E-state index contributed by atoms with van der Waals surface area (Å²) in [5, 5.41) is 3.42. The number of rotatable bonds is 3. The SMILES string of the molecule is COc1cc(Cl)ccc1C1(NC(=O)OC(C)(C)C)CN(C(=O)OC(C)(C)C)C1. The summed E-state index contributed by atoms with van der Waals surface area (Å²) in [5.74, 6) is 0.521. The van der Waals surface area contributed by atoms with Crippen LogP contribution in [0.25, 0.3) is 0 Å². The van der Waals surface area contributed by atoms with Crippen molar-refractivity contribution >= 4 is 23.8 Å². The molecule has 28 heavy (non-hydrogen) atoms. The first-order valence-electron chi connectivity index (χ1n) is 9.08. The summed E-state index contributed by atoms with van der Waals surface area (Å²) in [6.07, 6.45) is -1.02. The Balaban J connectivity index is 2.29. The normalized spacial score (nSPS) is 16.1. The van der Waals surface area contributed by atoms with Crippen molar-refractivity contribution in [2.75, 3.05) is 20.2 Å². The maximum absolute atomic E-state index is 12.5. The number of alkyl carbamates (subject to hydrolysis) is 1. The summed E-state index contributed by atoms with van der Waals surface area (Å²) < 4.78 is 16.3. The minimum absolute atomic E-state index is 0.221. The highest BCUT2D eigenvalue weighted by Gasteiger charge is 2.51. The molecular formula is C20H29ClN2O5. The number of benzene rings is 1. The quantitative estimate of drug-likeness (QED) is 0.799. The molecule has 0 bridgehead atoms. The highest BCUT2D eigenvalue weighted by molar-refractivity contribution is 6.30. The molecule has 0 saturated carbocycles. The Morgan fingerprint density at radius 2 is 1.64 bits per heavy atom. The predicted molar refractivity (Wildman–Crippen MR) is 107 cm³/mol. The van der Waals surface area contributed by atoms with Crippen molar-refractivity contribution in [1.82, 2.24) is 10.2 Å². The zero-order valence-electron chi connectivity index (χ0n) is 17.5. The van der Waals surface area contributed by atoms with Gasteiger partial charge in [0.2, 0.25) is 0 Å². The largest absolute Gasteiger partial charge is 0.496 e. The Bertz CT molecular complexity index is 746. The van der Waals surface area contributed by atoms with E-state index >= 15 is 0 Å². The number of hydrogen-bond donors (Lipinski definition) is 1. The Hall–Kier alpha value is -2.15. The molecule has 1 fully saturated rings. The van der Waals surface area contributed by atoms with Gasteiger partial charge in [0.1, 0.15) is 22.5 Å². The topological polar surface area (TPSA) is 77.1 Å². The number of carbonyl (C=O) groups is 2. The summed E-state index contributed by atoms with van der Waals surface area (Å²) in [7, 11) is 1.53. The lowest BCUT2D eigenvalue weighted by molar-refractivity contribution is -0.0234. The van der Waals surface area contributed by atoms with Gasteiger partial charge >= 0.3 is 12.2 Å². The van der Waals surface area contributed by atoms with Gasteiger partial charge in [-0.05, 0) is 53.7 Å². The summed E-state index contributed by atoms with van der Waals surface area (Å²) in [5.41, 5.74) is -1.41. The van der Waals surface area contributed by atoms with Gasteiger partial charge in [0, 0.05) is 10.6 Å². The van der Waals surface area contributed by atoms with Gasteiger partial charge in [-0.3, -0.25) is 0 Å². The van der Waals surface area contributed by atoms with Gasteiger partial charge < -0.3 is 24.4 Å². The van der Waals surface area contributed by atoms with E-state index in [0.29, 0.717) is 16.3 Å². The predicted octanol–water partition coefficient (Wildman–Crippen LogP) is 4.32. The van der Waals surface area contributed by atoms with E-state index in [1.807, 2.05) is 0 Å². The second kappa shape index (κ2) is 7.70. The van der Waals surface area contributed by atoms with E-state index in [1.165, 1.54) is 12.0 Å². The summed E-state index contributed by atoms with van der Waals surface area (Å²) in [6.45, 7) is 11.2. The van der Waals surface area contributed by atoms with E-state index < -0.39 is 28.9 Å². The third kappa shape index (κ3) is 5.44. The summed E-state index contributed by atoms with van der Waals surface area (Å²) in [4.78, 5) is 26.4. The second-order valence-electron chi connectivity index (χ2n) is 8.89. The molecule has 1 aromatic rings.